The topological polar surface area (TPSA) is 75.6 Å². The van der Waals surface area contributed by atoms with Gasteiger partial charge in [0.15, 0.2) is 0 Å². The molecule has 5 nitrogen and oxygen atoms in total. The molecular formula is C13H23NO4S. The molecule has 110 valence electrons. The van der Waals surface area contributed by atoms with Crippen LogP contribution in [0.5, 0.6) is 0 Å². The molecule has 1 amide bonds. The van der Waals surface area contributed by atoms with E-state index in [9.17, 15) is 9.59 Å². The van der Waals surface area contributed by atoms with Gasteiger partial charge >= 0.3 is 5.97 Å². The molecule has 0 radical (unpaired) electrons. The van der Waals surface area contributed by atoms with Crippen LogP contribution in [0.2, 0.25) is 0 Å². The Morgan fingerprint density at radius 2 is 2.00 bits per heavy atom. The summed E-state index contributed by atoms with van der Waals surface area (Å²) in [7, 11) is 0. The second-order valence-corrected chi connectivity index (χ2v) is 7.32. The number of carbonyl (C=O) groups is 2. The molecule has 0 aromatic carbocycles. The van der Waals surface area contributed by atoms with Gasteiger partial charge in [-0.15, -0.1) is 0 Å². The van der Waals surface area contributed by atoms with Gasteiger partial charge in [-0.05, 0) is 34.1 Å². The number of hydrogen-bond acceptors (Lipinski definition) is 4. The molecule has 2 N–H and O–H groups in total. The number of ether oxygens (including phenoxy) is 1. The second kappa shape index (κ2) is 5.71. The highest BCUT2D eigenvalue weighted by atomic mass is 32.2. The summed E-state index contributed by atoms with van der Waals surface area (Å²) in [5, 5.41) is 11.7. The van der Waals surface area contributed by atoms with Gasteiger partial charge in [-0.2, -0.15) is 11.8 Å². The first-order valence-electron chi connectivity index (χ1n) is 6.35. The molecule has 1 aliphatic rings. The van der Waals surface area contributed by atoms with Crippen LogP contribution in [-0.4, -0.2) is 45.2 Å². The summed E-state index contributed by atoms with van der Waals surface area (Å²) in [6, 6.07) is -0.845. The van der Waals surface area contributed by atoms with Crippen molar-refractivity contribution < 1.29 is 19.4 Å². The minimum absolute atomic E-state index is 0.187. The number of amides is 1. The molecule has 1 rings (SSSR count). The maximum atomic E-state index is 11.1. The molecule has 19 heavy (non-hydrogen) atoms. The summed E-state index contributed by atoms with van der Waals surface area (Å²) in [6.07, 6.45) is 0.872. The predicted octanol–water partition coefficient (Wildman–Crippen LogP) is 1.66. The van der Waals surface area contributed by atoms with E-state index in [1.165, 1.54) is 6.92 Å². The molecule has 1 fully saturated rings. The number of nitrogens with one attached hydrogen (secondary N) is 1. The molecule has 1 saturated heterocycles. The van der Waals surface area contributed by atoms with Gasteiger partial charge in [0.05, 0.1) is 11.2 Å². The van der Waals surface area contributed by atoms with Crippen molar-refractivity contribution in [3.63, 3.8) is 0 Å². The van der Waals surface area contributed by atoms with E-state index in [-0.39, 0.29) is 22.4 Å². The zero-order valence-corrected chi connectivity index (χ0v) is 13.0. The number of carbonyl (C=O) groups excluding carboxylic acids is 1. The smallest absolute Gasteiger partial charge is 0.327 e. The van der Waals surface area contributed by atoms with Crippen molar-refractivity contribution in [2.75, 3.05) is 5.75 Å². The van der Waals surface area contributed by atoms with E-state index in [2.05, 4.69) is 5.32 Å². The number of hydrogen-bond donors (Lipinski definition) is 2. The fraction of sp³-hybridized carbons (Fsp3) is 0.846. The largest absolute Gasteiger partial charge is 0.480 e. The lowest BCUT2D eigenvalue weighted by atomic mass is 10.0. The summed E-state index contributed by atoms with van der Waals surface area (Å²) in [6.45, 7) is 9.45. The monoisotopic (exact) mass is 289 g/mol. The predicted molar refractivity (Wildman–Crippen MR) is 75.3 cm³/mol. The quantitative estimate of drug-likeness (QED) is 0.805. The lowest BCUT2D eigenvalue weighted by Gasteiger charge is -2.27. The number of carboxylic acid groups (broad SMARTS) is 1. The first-order valence-corrected chi connectivity index (χ1v) is 7.40. The lowest BCUT2D eigenvalue weighted by molar-refractivity contribution is -0.140. The second-order valence-electron chi connectivity index (χ2n) is 6.08. The summed E-state index contributed by atoms with van der Waals surface area (Å²) < 4.78 is 5.97. The van der Waals surface area contributed by atoms with Crippen molar-refractivity contribution in [2.24, 2.45) is 0 Å². The Labute approximate surface area is 118 Å². The highest BCUT2D eigenvalue weighted by Crippen LogP contribution is 2.43. The zero-order chi connectivity index (χ0) is 14.8. The molecule has 0 spiro atoms. The SMILES string of the molecule is CC(=O)NC(CSC1CC(C)(C)OC1(C)C)C(=O)O. The van der Waals surface area contributed by atoms with Gasteiger partial charge in [-0.25, -0.2) is 4.79 Å². The molecule has 0 bridgehead atoms. The van der Waals surface area contributed by atoms with Crippen LogP contribution >= 0.6 is 11.8 Å². The van der Waals surface area contributed by atoms with Crippen LogP contribution in [0.3, 0.4) is 0 Å². The Morgan fingerprint density at radius 1 is 1.42 bits per heavy atom. The van der Waals surface area contributed by atoms with E-state index in [0.717, 1.165) is 6.42 Å². The molecule has 1 aliphatic heterocycles. The Morgan fingerprint density at radius 3 is 2.37 bits per heavy atom. The molecule has 0 saturated carbocycles. The normalized spacial score (nSPS) is 25.8. The Kier molecular flexibility index (Phi) is 4.90. The van der Waals surface area contributed by atoms with Crippen LogP contribution in [0.1, 0.15) is 41.0 Å². The van der Waals surface area contributed by atoms with Gasteiger partial charge in [0, 0.05) is 17.9 Å². The van der Waals surface area contributed by atoms with Gasteiger partial charge in [0.25, 0.3) is 0 Å². The van der Waals surface area contributed by atoms with E-state index in [1.807, 2.05) is 27.7 Å². The van der Waals surface area contributed by atoms with E-state index in [0.29, 0.717) is 5.75 Å². The fourth-order valence-electron chi connectivity index (χ4n) is 2.40. The minimum atomic E-state index is -1.00. The molecule has 1 heterocycles. The molecule has 0 aromatic heterocycles. The van der Waals surface area contributed by atoms with Crippen molar-refractivity contribution in [1.29, 1.82) is 0 Å². The number of aliphatic carboxylic acids is 1. The third kappa shape index (κ3) is 4.69. The highest BCUT2D eigenvalue weighted by Gasteiger charge is 2.46. The molecule has 0 aliphatic carbocycles. The summed E-state index contributed by atoms with van der Waals surface area (Å²) >= 11 is 1.55. The first kappa shape index (κ1) is 16.3. The number of thioether (sulfide) groups is 1. The number of rotatable bonds is 5. The minimum Gasteiger partial charge on any atom is -0.480 e. The fourth-order valence-corrected chi connectivity index (χ4v) is 4.02. The van der Waals surface area contributed by atoms with Crippen LogP contribution < -0.4 is 5.32 Å². The molecule has 6 heteroatoms. The highest BCUT2D eigenvalue weighted by molar-refractivity contribution is 8.00. The van der Waals surface area contributed by atoms with Gasteiger partial charge < -0.3 is 15.2 Å². The van der Waals surface area contributed by atoms with Crippen LogP contribution in [0.4, 0.5) is 0 Å². The van der Waals surface area contributed by atoms with E-state index >= 15 is 0 Å². The van der Waals surface area contributed by atoms with Crippen LogP contribution in [-0.2, 0) is 14.3 Å². The van der Waals surface area contributed by atoms with Crippen LogP contribution in [0.15, 0.2) is 0 Å². The maximum absolute atomic E-state index is 11.1. The van der Waals surface area contributed by atoms with Crippen molar-refractivity contribution in [1.82, 2.24) is 5.32 Å². The average molecular weight is 289 g/mol. The standard InChI is InChI=1S/C13H23NO4S/c1-8(15)14-9(11(16)17)7-19-10-6-12(2,3)18-13(10,4)5/h9-10H,6-7H2,1-5H3,(H,14,15)(H,16,17). The molecule has 2 unspecified atom stereocenters. The molecular weight excluding hydrogens is 266 g/mol. The van der Waals surface area contributed by atoms with Crippen LogP contribution in [0, 0.1) is 0 Å². The van der Waals surface area contributed by atoms with Crippen molar-refractivity contribution >= 4 is 23.6 Å². The third-order valence-corrected chi connectivity index (χ3v) is 4.79. The zero-order valence-electron chi connectivity index (χ0n) is 12.1. The number of carboxylic acids is 1. The summed E-state index contributed by atoms with van der Waals surface area (Å²) in [5.41, 5.74) is -0.471. The van der Waals surface area contributed by atoms with Gasteiger partial charge in [-0.1, -0.05) is 0 Å². The van der Waals surface area contributed by atoms with Gasteiger partial charge in [-0.3, -0.25) is 4.79 Å². The Balaban J connectivity index is 2.60. The van der Waals surface area contributed by atoms with Crippen molar-refractivity contribution in [2.45, 2.75) is 63.5 Å². The summed E-state index contributed by atoms with van der Waals surface area (Å²) in [4.78, 5) is 22.0. The first-order chi connectivity index (χ1) is 8.53. The Hall–Kier alpha value is -0.750. The van der Waals surface area contributed by atoms with Crippen molar-refractivity contribution in [3.05, 3.63) is 0 Å². The molecule has 0 aromatic rings. The van der Waals surface area contributed by atoms with Crippen LogP contribution in [0.25, 0.3) is 0 Å². The van der Waals surface area contributed by atoms with Gasteiger partial charge in [0.1, 0.15) is 6.04 Å². The molecule has 2 atom stereocenters. The summed E-state index contributed by atoms with van der Waals surface area (Å²) in [5.74, 6) is -0.975. The van der Waals surface area contributed by atoms with Crippen molar-refractivity contribution in [3.8, 4) is 0 Å². The third-order valence-electron chi connectivity index (χ3n) is 3.13. The average Bonchev–Trinajstić information content (AvgIpc) is 2.40. The van der Waals surface area contributed by atoms with E-state index < -0.39 is 12.0 Å². The van der Waals surface area contributed by atoms with E-state index in [1.54, 1.807) is 11.8 Å². The Bertz CT molecular complexity index is 368. The van der Waals surface area contributed by atoms with Gasteiger partial charge in [0.2, 0.25) is 5.91 Å². The van der Waals surface area contributed by atoms with E-state index in [4.69, 9.17) is 9.84 Å². The lowest BCUT2D eigenvalue weighted by Crippen LogP contribution is -2.42. The maximum Gasteiger partial charge on any atom is 0.327 e.